The van der Waals surface area contributed by atoms with Crippen LogP contribution in [-0.2, 0) is 6.42 Å². The van der Waals surface area contributed by atoms with Crippen molar-refractivity contribution < 1.29 is 4.74 Å². The Hall–Kier alpha value is -1.74. The van der Waals surface area contributed by atoms with Crippen LogP contribution in [0.4, 0.5) is 5.69 Å². The molecule has 2 aromatic rings. The van der Waals surface area contributed by atoms with Gasteiger partial charge in [0.05, 0.1) is 12.8 Å². The number of methoxy groups -OCH3 is 1. The van der Waals surface area contributed by atoms with E-state index in [0.29, 0.717) is 5.02 Å². The van der Waals surface area contributed by atoms with Crippen molar-refractivity contribution in [3.8, 4) is 5.75 Å². The first-order valence-electron chi connectivity index (χ1n) is 5.76. The number of hydrogen-bond acceptors (Lipinski definition) is 3. The summed E-state index contributed by atoms with van der Waals surface area (Å²) < 4.78 is 5.27. The second kappa shape index (κ2) is 6.26. The lowest BCUT2D eigenvalue weighted by atomic mass is 10.2. The Kier molecular flexibility index (Phi) is 4.42. The minimum atomic E-state index is 0.694. The quantitative estimate of drug-likeness (QED) is 0.897. The predicted octanol–water partition coefficient (Wildman–Crippen LogP) is 3.40. The Labute approximate surface area is 112 Å². The van der Waals surface area contributed by atoms with Crippen LogP contribution in [0.15, 0.2) is 42.7 Å². The number of aromatic nitrogens is 1. The molecule has 0 aliphatic carbocycles. The van der Waals surface area contributed by atoms with E-state index in [1.165, 1.54) is 5.56 Å². The molecule has 94 valence electrons. The van der Waals surface area contributed by atoms with Crippen molar-refractivity contribution in [2.24, 2.45) is 0 Å². The van der Waals surface area contributed by atoms with E-state index >= 15 is 0 Å². The van der Waals surface area contributed by atoms with Crippen LogP contribution in [-0.4, -0.2) is 18.6 Å². The SMILES string of the molecule is COc1ccc(Cl)cc1NCCc1cccnc1. The number of nitrogens with one attached hydrogen (secondary N) is 1. The number of rotatable bonds is 5. The summed E-state index contributed by atoms with van der Waals surface area (Å²) >= 11 is 5.96. The standard InChI is InChI=1S/C14H15ClN2O/c1-18-14-5-4-12(15)9-13(14)17-8-6-11-3-2-7-16-10-11/h2-5,7,9-10,17H,6,8H2,1H3. The molecule has 3 nitrogen and oxygen atoms in total. The number of nitrogens with zero attached hydrogens (tertiary/aromatic N) is 1. The molecule has 1 heterocycles. The smallest absolute Gasteiger partial charge is 0.142 e. The van der Waals surface area contributed by atoms with Crippen molar-refractivity contribution in [2.75, 3.05) is 19.0 Å². The Morgan fingerprint density at radius 2 is 2.22 bits per heavy atom. The normalized spacial score (nSPS) is 10.1. The molecule has 0 saturated carbocycles. The van der Waals surface area contributed by atoms with Crippen molar-refractivity contribution in [2.45, 2.75) is 6.42 Å². The Morgan fingerprint density at radius 3 is 2.94 bits per heavy atom. The largest absolute Gasteiger partial charge is 0.495 e. The van der Waals surface area contributed by atoms with Crippen LogP contribution in [0.5, 0.6) is 5.75 Å². The molecule has 0 aliphatic rings. The lowest BCUT2D eigenvalue weighted by Gasteiger charge is -2.11. The zero-order valence-electron chi connectivity index (χ0n) is 10.2. The molecule has 0 spiro atoms. The lowest BCUT2D eigenvalue weighted by Crippen LogP contribution is -2.06. The summed E-state index contributed by atoms with van der Waals surface area (Å²) in [7, 11) is 1.65. The lowest BCUT2D eigenvalue weighted by molar-refractivity contribution is 0.416. The first-order chi connectivity index (χ1) is 8.79. The molecule has 1 N–H and O–H groups in total. The van der Waals surface area contributed by atoms with Crippen molar-refractivity contribution >= 4 is 17.3 Å². The second-order valence-corrected chi connectivity index (χ2v) is 4.32. The van der Waals surface area contributed by atoms with Gasteiger partial charge in [0.1, 0.15) is 5.75 Å². The van der Waals surface area contributed by atoms with Crippen LogP contribution < -0.4 is 10.1 Å². The van der Waals surface area contributed by atoms with Crippen molar-refractivity contribution in [1.82, 2.24) is 4.98 Å². The Balaban J connectivity index is 1.96. The fraction of sp³-hybridized carbons (Fsp3) is 0.214. The van der Waals surface area contributed by atoms with Gasteiger partial charge in [-0.05, 0) is 36.2 Å². The molecule has 0 saturated heterocycles. The summed E-state index contributed by atoms with van der Waals surface area (Å²) in [5.41, 5.74) is 2.11. The first kappa shape index (κ1) is 12.7. The molecule has 0 bridgehead atoms. The Bertz CT molecular complexity index is 502. The van der Waals surface area contributed by atoms with E-state index in [0.717, 1.165) is 24.4 Å². The van der Waals surface area contributed by atoms with Gasteiger partial charge < -0.3 is 10.1 Å². The number of hydrogen-bond donors (Lipinski definition) is 1. The van der Waals surface area contributed by atoms with Gasteiger partial charge in [0.25, 0.3) is 0 Å². The highest BCUT2D eigenvalue weighted by Gasteiger charge is 2.03. The molecule has 2 rings (SSSR count). The van der Waals surface area contributed by atoms with E-state index in [4.69, 9.17) is 16.3 Å². The van der Waals surface area contributed by atoms with Crippen LogP contribution in [0.2, 0.25) is 5.02 Å². The summed E-state index contributed by atoms with van der Waals surface area (Å²) in [5, 5.41) is 4.01. The van der Waals surface area contributed by atoms with Gasteiger partial charge in [-0.1, -0.05) is 17.7 Å². The number of anilines is 1. The molecule has 1 aromatic carbocycles. The summed E-state index contributed by atoms with van der Waals surface area (Å²) in [4.78, 5) is 4.08. The predicted molar refractivity (Wildman–Crippen MR) is 74.4 cm³/mol. The monoisotopic (exact) mass is 262 g/mol. The van der Waals surface area contributed by atoms with E-state index in [-0.39, 0.29) is 0 Å². The number of benzene rings is 1. The molecular formula is C14H15ClN2O. The van der Waals surface area contributed by atoms with Crippen LogP contribution in [0.3, 0.4) is 0 Å². The van der Waals surface area contributed by atoms with E-state index in [2.05, 4.69) is 16.4 Å². The maximum atomic E-state index is 5.96. The highest BCUT2D eigenvalue weighted by Crippen LogP contribution is 2.27. The average molecular weight is 263 g/mol. The topological polar surface area (TPSA) is 34.1 Å². The van der Waals surface area contributed by atoms with Gasteiger partial charge in [-0.2, -0.15) is 0 Å². The van der Waals surface area contributed by atoms with Gasteiger partial charge in [-0.15, -0.1) is 0 Å². The Morgan fingerprint density at radius 1 is 1.33 bits per heavy atom. The van der Waals surface area contributed by atoms with E-state index in [1.807, 2.05) is 30.5 Å². The zero-order valence-corrected chi connectivity index (χ0v) is 10.9. The fourth-order valence-electron chi connectivity index (χ4n) is 1.71. The summed E-state index contributed by atoms with van der Waals surface area (Å²) in [5.74, 6) is 0.797. The van der Waals surface area contributed by atoms with Gasteiger partial charge in [-0.25, -0.2) is 0 Å². The third kappa shape index (κ3) is 3.37. The van der Waals surface area contributed by atoms with Gasteiger partial charge in [0.15, 0.2) is 0 Å². The van der Waals surface area contributed by atoms with Gasteiger partial charge >= 0.3 is 0 Å². The molecule has 0 amide bonds. The fourth-order valence-corrected chi connectivity index (χ4v) is 1.88. The molecule has 1 aromatic heterocycles. The third-order valence-electron chi connectivity index (χ3n) is 2.61. The highest BCUT2D eigenvalue weighted by atomic mass is 35.5. The van der Waals surface area contributed by atoms with E-state index < -0.39 is 0 Å². The number of ether oxygens (including phenoxy) is 1. The summed E-state index contributed by atoms with van der Waals surface area (Å²) in [6.07, 6.45) is 4.55. The molecule has 0 unspecified atom stereocenters. The molecule has 4 heteroatoms. The minimum absolute atomic E-state index is 0.694. The van der Waals surface area contributed by atoms with E-state index in [9.17, 15) is 0 Å². The molecular weight excluding hydrogens is 248 g/mol. The van der Waals surface area contributed by atoms with Crippen LogP contribution in [0.25, 0.3) is 0 Å². The summed E-state index contributed by atoms with van der Waals surface area (Å²) in [6, 6.07) is 9.53. The maximum absolute atomic E-state index is 5.96. The van der Waals surface area contributed by atoms with Gasteiger partial charge in [-0.3, -0.25) is 4.98 Å². The van der Waals surface area contributed by atoms with Crippen molar-refractivity contribution in [1.29, 1.82) is 0 Å². The summed E-state index contributed by atoms with van der Waals surface area (Å²) in [6.45, 7) is 0.808. The van der Waals surface area contributed by atoms with Gasteiger partial charge in [0, 0.05) is 24.0 Å². The average Bonchev–Trinajstić information content (AvgIpc) is 2.40. The van der Waals surface area contributed by atoms with Crippen LogP contribution in [0, 0.1) is 0 Å². The molecule has 0 fully saturated rings. The minimum Gasteiger partial charge on any atom is -0.495 e. The number of pyridine rings is 1. The third-order valence-corrected chi connectivity index (χ3v) is 2.85. The first-order valence-corrected chi connectivity index (χ1v) is 6.13. The maximum Gasteiger partial charge on any atom is 0.142 e. The van der Waals surface area contributed by atoms with Gasteiger partial charge in [0.2, 0.25) is 0 Å². The molecule has 0 radical (unpaired) electrons. The van der Waals surface area contributed by atoms with Crippen LogP contribution >= 0.6 is 11.6 Å². The van der Waals surface area contributed by atoms with Crippen molar-refractivity contribution in [3.63, 3.8) is 0 Å². The molecule has 0 aliphatic heterocycles. The van der Waals surface area contributed by atoms with Crippen molar-refractivity contribution in [3.05, 3.63) is 53.3 Å². The van der Waals surface area contributed by atoms with Crippen LogP contribution in [0.1, 0.15) is 5.56 Å². The van der Waals surface area contributed by atoms with E-state index in [1.54, 1.807) is 13.3 Å². The second-order valence-electron chi connectivity index (χ2n) is 3.88. The highest BCUT2D eigenvalue weighted by molar-refractivity contribution is 6.30. The molecule has 18 heavy (non-hydrogen) atoms. The molecule has 0 atom stereocenters. The zero-order chi connectivity index (χ0) is 12.8. The number of halogens is 1.